The molecule has 6 rings (SSSR count). The van der Waals surface area contributed by atoms with Crippen molar-refractivity contribution in [3.8, 4) is 33.8 Å². The number of hydrogen-bond acceptors (Lipinski definition) is 7. The number of fused-ring (bicyclic) bond motifs is 2. The number of rotatable bonds is 8. The molecule has 6 aromatic rings. The lowest BCUT2D eigenvalue weighted by molar-refractivity contribution is 0.190. The van der Waals surface area contributed by atoms with E-state index in [9.17, 15) is 5.11 Å². The molecule has 0 fully saturated rings. The van der Waals surface area contributed by atoms with Crippen molar-refractivity contribution in [2.75, 3.05) is 5.32 Å². The number of para-hydroxylation sites is 1. The van der Waals surface area contributed by atoms with Crippen molar-refractivity contribution >= 4 is 27.8 Å². The molecule has 0 saturated carbocycles. The lowest BCUT2D eigenvalue weighted by Gasteiger charge is -2.14. The molecule has 37 heavy (non-hydrogen) atoms. The molecule has 0 aliphatic carbocycles. The van der Waals surface area contributed by atoms with Crippen LogP contribution in [-0.4, -0.2) is 46.5 Å². The summed E-state index contributed by atoms with van der Waals surface area (Å²) in [6.45, 7) is 2.10. The van der Waals surface area contributed by atoms with Gasteiger partial charge in [-0.3, -0.25) is 15.1 Å². The smallest absolute Gasteiger partial charge is 0.159 e. The molecule has 1 aromatic carbocycles. The lowest BCUT2D eigenvalue weighted by Crippen LogP contribution is -2.18. The maximum absolute atomic E-state index is 10.2. The van der Waals surface area contributed by atoms with Crippen LogP contribution in [0.3, 0.4) is 0 Å². The highest BCUT2D eigenvalue weighted by Gasteiger charge is 2.16. The Bertz CT molecular complexity index is 1670. The molecule has 0 spiro atoms. The number of anilines is 1. The van der Waals surface area contributed by atoms with Crippen molar-refractivity contribution in [2.45, 2.75) is 32.4 Å². The van der Waals surface area contributed by atoms with Crippen molar-refractivity contribution in [1.82, 2.24) is 35.1 Å². The number of aromatic nitrogens is 7. The van der Waals surface area contributed by atoms with E-state index < -0.39 is 6.23 Å². The fraction of sp³-hybridized carbons (Fsp3) is 0.179. The van der Waals surface area contributed by atoms with Gasteiger partial charge in [0.1, 0.15) is 11.9 Å². The predicted molar refractivity (Wildman–Crippen MR) is 145 cm³/mol. The molecule has 0 amide bonds. The molecule has 0 aliphatic heterocycles. The van der Waals surface area contributed by atoms with Crippen LogP contribution in [0.15, 0.2) is 73.4 Å². The Balaban J connectivity index is 1.37. The monoisotopic (exact) mass is 490 g/mol. The Hall–Kier alpha value is -4.63. The van der Waals surface area contributed by atoms with Gasteiger partial charge < -0.3 is 15.4 Å². The molecule has 4 N–H and O–H groups in total. The van der Waals surface area contributed by atoms with Crippen molar-refractivity contribution in [3.63, 3.8) is 0 Å². The molecule has 184 valence electrons. The first kappa shape index (κ1) is 22.8. The van der Waals surface area contributed by atoms with Crippen LogP contribution in [-0.2, 0) is 0 Å². The van der Waals surface area contributed by atoms with Gasteiger partial charge in [-0.25, -0.2) is 9.97 Å². The van der Waals surface area contributed by atoms with Gasteiger partial charge in [0, 0.05) is 47.0 Å². The van der Waals surface area contributed by atoms with Crippen LogP contribution in [0.5, 0.6) is 0 Å². The quantitative estimate of drug-likeness (QED) is 0.206. The SMILES string of the molecule is CCCCC(O)Nc1cncc(-c2cnc3[nH]nc(-c4nc5c(-c6cccnc6)cccc5[nH]4)c3c2)c1. The Morgan fingerprint density at radius 2 is 1.86 bits per heavy atom. The number of pyridine rings is 3. The van der Waals surface area contributed by atoms with Crippen LogP contribution in [0.1, 0.15) is 26.2 Å². The van der Waals surface area contributed by atoms with Gasteiger partial charge in [-0.1, -0.05) is 31.5 Å². The third kappa shape index (κ3) is 4.52. The Morgan fingerprint density at radius 1 is 0.973 bits per heavy atom. The van der Waals surface area contributed by atoms with Crippen LogP contribution < -0.4 is 5.32 Å². The largest absolute Gasteiger partial charge is 0.374 e. The molecule has 9 heteroatoms. The summed E-state index contributed by atoms with van der Waals surface area (Å²) < 4.78 is 0. The van der Waals surface area contributed by atoms with Crippen LogP contribution in [0.2, 0.25) is 0 Å². The van der Waals surface area contributed by atoms with E-state index in [1.54, 1.807) is 24.8 Å². The molecular formula is C28H26N8O. The molecule has 0 aliphatic rings. The zero-order chi connectivity index (χ0) is 25.2. The minimum atomic E-state index is -0.609. The Labute approximate surface area is 213 Å². The van der Waals surface area contributed by atoms with Gasteiger partial charge in [-0.05, 0) is 37.1 Å². The number of unbranched alkanes of at least 4 members (excludes halogenated alkanes) is 1. The summed E-state index contributed by atoms with van der Waals surface area (Å²) in [5, 5.41) is 21.8. The predicted octanol–water partition coefficient (Wildman–Crippen LogP) is 5.55. The number of nitrogens with one attached hydrogen (secondary N) is 3. The van der Waals surface area contributed by atoms with E-state index in [1.807, 2.05) is 48.7 Å². The van der Waals surface area contributed by atoms with E-state index in [1.165, 1.54) is 0 Å². The summed E-state index contributed by atoms with van der Waals surface area (Å²) in [5.74, 6) is 0.657. The number of aliphatic hydroxyl groups excluding tert-OH is 1. The first-order valence-electron chi connectivity index (χ1n) is 12.3. The van der Waals surface area contributed by atoms with Crippen LogP contribution in [0.4, 0.5) is 5.69 Å². The number of aliphatic hydroxyl groups is 1. The minimum absolute atomic E-state index is 0.609. The van der Waals surface area contributed by atoms with Gasteiger partial charge in [0.05, 0.1) is 28.3 Å². The molecule has 1 atom stereocenters. The van der Waals surface area contributed by atoms with E-state index in [0.717, 1.165) is 57.2 Å². The summed E-state index contributed by atoms with van der Waals surface area (Å²) in [6, 6.07) is 14.0. The average Bonchev–Trinajstić information content (AvgIpc) is 3.56. The van der Waals surface area contributed by atoms with Crippen molar-refractivity contribution < 1.29 is 5.11 Å². The number of benzene rings is 1. The van der Waals surface area contributed by atoms with Crippen molar-refractivity contribution in [3.05, 3.63) is 73.4 Å². The summed E-state index contributed by atoms with van der Waals surface area (Å²) in [4.78, 5) is 21.5. The maximum Gasteiger partial charge on any atom is 0.159 e. The summed E-state index contributed by atoms with van der Waals surface area (Å²) in [5.41, 5.74) is 7.68. The van der Waals surface area contributed by atoms with E-state index >= 15 is 0 Å². The second-order valence-electron chi connectivity index (χ2n) is 8.99. The summed E-state index contributed by atoms with van der Waals surface area (Å²) in [7, 11) is 0. The first-order valence-corrected chi connectivity index (χ1v) is 12.3. The van der Waals surface area contributed by atoms with Gasteiger partial charge >= 0.3 is 0 Å². The highest BCUT2D eigenvalue weighted by Crippen LogP contribution is 2.32. The molecule has 0 saturated heterocycles. The zero-order valence-electron chi connectivity index (χ0n) is 20.3. The van der Waals surface area contributed by atoms with Crippen LogP contribution >= 0.6 is 0 Å². The van der Waals surface area contributed by atoms with Gasteiger partial charge in [-0.15, -0.1) is 0 Å². The molecule has 0 bridgehead atoms. The van der Waals surface area contributed by atoms with Gasteiger partial charge in [-0.2, -0.15) is 5.10 Å². The lowest BCUT2D eigenvalue weighted by atomic mass is 10.1. The van der Waals surface area contributed by atoms with Crippen molar-refractivity contribution in [2.24, 2.45) is 0 Å². The van der Waals surface area contributed by atoms with Gasteiger partial charge in [0.2, 0.25) is 0 Å². The topological polar surface area (TPSA) is 128 Å². The number of nitrogens with zero attached hydrogens (tertiary/aromatic N) is 5. The minimum Gasteiger partial charge on any atom is -0.374 e. The zero-order valence-corrected chi connectivity index (χ0v) is 20.3. The highest BCUT2D eigenvalue weighted by atomic mass is 16.3. The van der Waals surface area contributed by atoms with Gasteiger partial charge in [0.25, 0.3) is 0 Å². The van der Waals surface area contributed by atoms with Crippen LogP contribution in [0, 0.1) is 0 Å². The van der Waals surface area contributed by atoms with E-state index in [0.29, 0.717) is 23.6 Å². The highest BCUT2D eigenvalue weighted by molar-refractivity contribution is 5.97. The number of imidazole rings is 1. The molecule has 5 heterocycles. The Morgan fingerprint density at radius 3 is 2.73 bits per heavy atom. The van der Waals surface area contributed by atoms with E-state index in [-0.39, 0.29) is 0 Å². The fourth-order valence-corrected chi connectivity index (χ4v) is 4.48. The first-order chi connectivity index (χ1) is 18.2. The average molecular weight is 491 g/mol. The molecule has 0 radical (unpaired) electrons. The third-order valence-corrected chi connectivity index (χ3v) is 6.36. The standard InChI is InChI=1S/C28H26N8O/c1-2-3-9-24(37)32-20-11-18(14-30-16-20)19-12-22-26(35-36-27(22)31-15-19)28-33-23-8-4-7-21(25(23)34-28)17-6-5-10-29-13-17/h4-8,10-16,24,32,37H,2-3,9H2,1H3,(H,33,34)(H,31,35,36). The summed E-state index contributed by atoms with van der Waals surface area (Å²) in [6.07, 6.45) is 10.9. The third-order valence-electron chi connectivity index (χ3n) is 6.36. The second-order valence-corrected chi connectivity index (χ2v) is 8.99. The molecule has 1 unspecified atom stereocenters. The molecule has 5 aromatic heterocycles. The van der Waals surface area contributed by atoms with Crippen molar-refractivity contribution in [1.29, 1.82) is 0 Å². The number of H-pyrrole nitrogens is 2. The maximum atomic E-state index is 10.2. The van der Waals surface area contributed by atoms with Crippen LogP contribution in [0.25, 0.3) is 55.8 Å². The van der Waals surface area contributed by atoms with Gasteiger partial charge in [0.15, 0.2) is 11.5 Å². The number of aromatic amines is 2. The summed E-state index contributed by atoms with van der Waals surface area (Å²) >= 11 is 0. The number of hydrogen-bond donors (Lipinski definition) is 4. The van der Waals surface area contributed by atoms with E-state index in [4.69, 9.17) is 4.98 Å². The van der Waals surface area contributed by atoms with E-state index in [2.05, 4.69) is 42.4 Å². The molecule has 9 nitrogen and oxygen atoms in total. The second kappa shape index (κ2) is 9.79. The molecular weight excluding hydrogens is 464 g/mol. The fourth-order valence-electron chi connectivity index (χ4n) is 4.48. The normalized spacial score (nSPS) is 12.3. The Kier molecular flexibility index (Phi) is 6.03.